The van der Waals surface area contributed by atoms with Crippen molar-refractivity contribution in [3.63, 3.8) is 0 Å². The fourth-order valence-corrected chi connectivity index (χ4v) is 2.96. The van der Waals surface area contributed by atoms with E-state index in [1.54, 1.807) is 0 Å². The molecule has 1 atom stereocenters. The van der Waals surface area contributed by atoms with Crippen LogP contribution in [0.3, 0.4) is 0 Å². The second kappa shape index (κ2) is 5.52. The maximum atomic E-state index is 9.53. The van der Waals surface area contributed by atoms with E-state index >= 15 is 0 Å². The van der Waals surface area contributed by atoms with Gasteiger partial charge >= 0.3 is 0 Å². The van der Waals surface area contributed by atoms with Gasteiger partial charge in [0.1, 0.15) is 11.7 Å². The first-order chi connectivity index (χ1) is 9.40. The normalized spacial score (nSPS) is 20.9. The van der Waals surface area contributed by atoms with Gasteiger partial charge < -0.3 is 4.57 Å². The average Bonchev–Trinajstić information content (AvgIpc) is 2.69. The summed E-state index contributed by atoms with van der Waals surface area (Å²) in [5.74, 6) is 1.56. The molecule has 3 rings (SSSR count). The summed E-state index contributed by atoms with van der Waals surface area (Å²) in [6, 6.07) is 2.40. The van der Waals surface area contributed by atoms with Gasteiger partial charge in [0.15, 0.2) is 5.82 Å². The van der Waals surface area contributed by atoms with E-state index in [0.29, 0.717) is 0 Å². The molecule has 0 radical (unpaired) electrons. The van der Waals surface area contributed by atoms with Crippen LogP contribution in [-0.2, 0) is 13.0 Å². The van der Waals surface area contributed by atoms with Crippen LogP contribution in [-0.4, -0.2) is 27.0 Å². The predicted molar refractivity (Wildman–Crippen MR) is 72.1 cm³/mol. The van der Waals surface area contributed by atoms with Crippen LogP contribution in [0.5, 0.6) is 0 Å². The molecule has 1 aromatic heterocycles. The van der Waals surface area contributed by atoms with Crippen molar-refractivity contribution in [2.75, 3.05) is 6.54 Å². The Bertz CT molecular complexity index is 522. The molecule has 0 fully saturated rings. The lowest BCUT2D eigenvalue weighted by atomic mass is 9.99. The van der Waals surface area contributed by atoms with Crippen molar-refractivity contribution >= 4 is 5.71 Å². The van der Waals surface area contributed by atoms with Gasteiger partial charge in [-0.05, 0) is 32.1 Å². The van der Waals surface area contributed by atoms with Crippen LogP contribution in [0.2, 0.25) is 0 Å². The third-order valence-corrected chi connectivity index (χ3v) is 4.01. The van der Waals surface area contributed by atoms with Gasteiger partial charge in [-0.3, -0.25) is 4.99 Å². The van der Waals surface area contributed by atoms with Crippen molar-refractivity contribution in [3.8, 4) is 6.07 Å². The first-order valence-electron chi connectivity index (χ1n) is 7.25. The number of fused-ring (bicyclic) bond motifs is 1. The monoisotopic (exact) mass is 257 g/mol. The van der Waals surface area contributed by atoms with Crippen LogP contribution in [0.1, 0.15) is 56.1 Å². The summed E-state index contributed by atoms with van der Waals surface area (Å²) in [7, 11) is 0. The molecular weight excluding hydrogens is 238 g/mol. The predicted octanol–water partition coefficient (Wildman–Crippen LogP) is 2.24. The molecule has 2 aliphatic rings. The first kappa shape index (κ1) is 12.3. The van der Waals surface area contributed by atoms with Crippen molar-refractivity contribution in [3.05, 3.63) is 11.6 Å². The lowest BCUT2D eigenvalue weighted by molar-refractivity contribution is 0.509. The Morgan fingerprint density at radius 3 is 2.84 bits per heavy atom. The van der Waals surface area contributed by atoms with Gasteiger partial charge in [0, 0.05) is 25.2 Å². The molecule has 1 unspecified atom stereocenters. The van der Waals surface area contributed by atoms with E-state index in [1.165, 1.54) is 12.8 Å². The Morgan fingerprint density at radius 2 is 1.95 bits per heavy atom. The highest BCUT2D eigenvalue weighted by Gasteiger charge is 2.27. The maximum Gasteiger partial charge on any atom is 0.156 e. The second-order valence-corrected chi connectivity index (χ2v) is 5.33. The smallest absolute Gasteiger partial charge is 0.156 e. The van der Waals surface area contributed by atoms with Crippen LogP contribution >= 0.6 is 0 Å². The summed E-state index contributed by atoms with van der Waals surface area (Å²) in [4.78, 5) is 4.61. The van der Waals surface area contributed by atoms with Gasteiger partial charge in [-0.15, -0.1) is 10.2 Å². The summed E-state index contributed by atoms with van der Waals surface area (Å²) in [6.07, 6.45) is 7.73. The molecular formula is C14H19N5. The fraction of sp³-hybridized carbons (Fsp3) is 0.714. The highest BCUT2D eigenvalue weighted by Crippen LogP contribution is 2.24. The zero-order valence-electron chi connectivity index (χ0n) is 11.2. The van der Waals surface area contributed by atoms with E-state index < -0.39 is 0 Å². The third-order valence-electron chi connectivity index (χ3n) is 4.01. The Labute approximate surface area is 113 Å². The number of rotatable bonds is 2. The molecule has 0 spiro atoms. The lowest BCUT2D eigenvalue weighted by Crippen LogP contribution is -2.19. The largest absolute Gasteiger partial charge is 0.314 e. The zero-order chi connectivity index (χ0) is 13.1. The third kappa shape index (κ3) is 2.40. The van der Waals surface area contributed by atoms with E-state index in [0.717, 1.165) is 62.6 Å². The molecule has 5 nitrogen and oxygen atoms in total. The molecule has 3 heterocycles. The molecule has 0 aliphatic carbocycles. The van der Waals surface area contributed by atoms with Crippen LogP contribution in [0.15, 0.2) is 4.99 Å². The van der Waals surface area contributed by atoms with Crippen molar-refractivity contribution in [2.24, 2.45) is 4.99 Å². The topological polar surface area (TPSA) is 66.9 Å². The van der Waals surface area contributed by atoms with Crippen LogP contribution in [0.25, 0.3) is 0 Å². The minimum Gasteiger partial charge on any atom is -0.314 e. The molecule has 0 saturated carbocycles. The van der Waals surface area contributed by atoms with Crippen molar-refractivity contribution in [1.29, 1.82) is 5.26 Å². The molecule has 100 valence electrons. The molecule has 0 bridgehead atoms. The van der Waals surface area contributed by atoms with Gasteiger partial charge in [-0.2, -0.15) is 5.26 Å². The van der Waals surface area contributed by atoms with E-state index in [-0.39, 0.29) is 5.92 Å². The molecule has 0 amide bonds. The van der Waals surface area contributed by atoms with Crippen molar-refractivity contribution in [1.82, 2.24) is 14.8 Å². The van der Waals surface area contributed by atoms with Gasteiger partial charge in [0.2, 0.25) is 0 Å². The molecule has 19 heavy (non-hydrogen) atoms. The SMILES string of the molecule is N#CC(C1=NCCCCC1)c1nnc2n1CCCC2. The number of nitrogens with zero attached hydrogens (tertiary/aromatic N) is 5. The van der Waals surface area contributed by atoms with Gasteiger partial charge in [0.05, 0.1) is 6.07 Å². The summed E-state index contributed by atoms with van der Waals surface area (Å²) in [5, 5.41) is 18.1. The minimum atomic E-state index is -0.294. The number of hydrogen-bond acceptors (Lipinski definition) is 4. The number of aromatic nitrogens is 3. The Hall–Kier alpha value is -1.70. The highest BCUT2D eigenvalue weighted by atomic mass is 15.3. The minimum absolute atomic E-state index is 0.294. The number of nitriles is 1. The van der Waals surface area contributed by atoms with Crippen LogP contribution in [0, 0.1) is 11.3 Å². The molecule has 1 aromatic rings. The lowest BCUT2D eigenvalue weighted by Gasteiger charge is -2.17. The second-order valence-electron chi connectivity index (χ2n) is 5.33. The Kier molecular flexibility index (Phi) is 3.58. The zero-order valence-corrected chi connectivity index (χ0v) is 11.2. The molecule has 2 aliphatic heterocycles. The number of aryl methyl sites for hydroxylation is 1. The first-order valence-corrected chi connectivity index (χ1v) is 7.25. The summed E-state index contributed by atoms with van der Waals surface area (Å²) < 4.78 is 2.14. The molecule has 0 saturated heterocycles. The van der Waals surface area contributed by atoms with Crippen LogP contribution in [0.4, 0.5) is 0 Å². The summed E-state index contributed by atoms with van der Waals surface area (Å²) >= 11 is 0. The fourth-order valence-electron chi connectivity index (χ4n) is 2.96. The van der Waals surface area contributed by atoms with E-state index in [9.17, 15) is 5.26 Å². The molecule has 5 heteroatoms. The Morgan fingerprint density at radius 1 is 1.05 bits per heavy atom. The maximum absolute atomic E-state index is 9.53. The molecule has 0 N–H and O–H groups in total. The van der Waals surface area contributed by atoms with Crippen molar-refractivity contribution in [2.45, 2.75) is 57.4 Å². The standard InChI is InChI=1S/C14H19N5/c15-10-11(12-6-2-1-4-8-16-12)14-18-17-13-7-3-5-9-19(13)14/h11H,1-9H2. The number of aliphatic imine (C=N–C) groups is 1. The summed E-state index contributed by atoms with van der Waals surface area (Å²) in [6.45, 7) is 1.80. The van der Waals surface area contributed by atoms with Crippen LogP contribution < -0.4 is 0 Å². The van der Waals surface area contributed by atoms with Gasteiger partial charge in [-0.25, -0.2) is 0 Å². The highest BCUT2D eigenvalue weighted by molar-refractivity contribution is 5.92. The van der Waals surface area contributed by atoms with Crippen molar-refractivity contribution < 1.29 is 0 Å². The molecule has 0 aromatic carbocycles. The Balaban J connectivity index is 1.92. The summed E-state index contributed by atoms with van der Waals surface area (Å²) in [5.41, 5.74) is 1.01. The number of hydrogen-bond donors (Lipinski definition) is 0. The van der Waals surface area contributed by atoms with E-state index in [2.05, 4.69) is 25.8 Å². The van der Waals surface area contributed by atoms with Gasteiger partial charge in [0.25, 0.3) is 0 Å². The van der Waals surface area contributed by atoms with Gasteiger partial charge in [-0.1, -0.05) is 6.42 Å². The van der Waals surface area contributed by atoms with E-state index in [4.69, 9.17) is 0 Å². The van der Waals surface area contributed by atoms with E-state index in [1.807, 2.05) is 0 Å². The average molecular weight is 257 g/mol. The quantitative estimate of drug-likeness (QED) is 0.816.